The first kappa shape index (κ1) is 22.8. The van der Waals surface area contributed by atoms with Crippen molar-refractivity contribution >= 4 is 17.2 Å². The molecule has 0 unspecified atom stereocenters. The highest BCUT2D eigenvalue weighted by Gasteiger charge is 2.17. The lowest BCUT2D eigenvalue weighted by Gasteiger charge is -2.14. The van der Waals surface area contributed by atoms with Crippen molar-refractivity contribution in [1.82, 2.24) is 24.8 Å². The van der Waals surface area contributed by atoms with Gasteiger partial charge in [0.2, 0.25) is 5.75 Å². The monoisotopic (exact) mass is 482 g/mol. The van der Waals surface area contributed by atoms with E-state index in [1.54, 1.807) is 29.0 Å². The molecule has 0 fully saturated rings. The maximum atomic E-state index is 12.9. The van der Waals surface area contributed by atoms with Gasteiger partial charge in [-0.15, -0.1) is 10.2 Å². The Balaban J connectivity index is 1.39. The maximum absolute atomic E-state index is 12.9. The van der Waals surface area contributed by atoms with Crippen LogP contribution in [0.4, 0.5) is 5.69 Å². The van der Waals surface area contributed by atoms with Gasteiger partial charge in [-0.25, -0.2) is 0 Å². The summed E-state index contributed by atoms with van der Waals surface area (Å²) in [5, 5.41) is 16.1. The zero-order valence-corrected chi connectivity index (χ0v) is 19.8. The minimum absolute atomic E-state index is 0.312. The average Bonchev–Trinajstić information content (AvgIpc) is 3.36. The molecule has 3 heterocycles. The van der Waals surface area contributed by atoms with Gasteiger partial charge in [-0.3, -0.25) is 9.78 Å². The molecule has 0 aliphatic heterocycles. The fourth-order valence-corrected chi connectivity index (χ4v) is 3.76. The second kappa shape index (κ2) is 9.71. The van der Waals surface area contributed by atoms with Gasteiger partial charge < -0.3 is 19.5 Å². The number of hydrogen-bond donors (Lipinski definition) is 1. The van der Waals surface area contributed by atoms with Crippen LogP contribution in [0.3, 0.4) is 0 Å². The topological polar surface area (TPSA) is 113 Å². The van der Waals surface area contributed by atoms with E-state index in [0.29, 0.717) is 40.0 Å². The molecule has 0 spiro atoms. The number of nitrogens with one attached hydrogen (secondary N) is 1. The molecule has 0 atom stereocenters. The number of benzene rings is 2. The Morgan fingerprint density at radius 2 is 1.50 bits per heavy atom. The smallest absolute Gasteiger partial charge is 0.255 e. The number of ether oxygens (including phenoxy) is 3. The van der Waals surface area contributed by atoms with Gasteiger partial charge in [-0.05, 0) is 48.5 Å². The van der Waals surface area contributed by atoms with Gasteiger partial charge in [0.25, 0.3) is 5.91 Å². The molecule has 36 heavy (non-hydrogen) atoms. The Kier molecular flexibility index (Phi) is 6.14. The third-order valence-electron chi connectivity index (χ3n) is 5.57. The van der Waals surface area contributed by atoms with Crippen LogP contribution in [0.25, 0.3) is 28.3 Å². The summed E-state index contributed by atoms with van der Waals surface area (Å²) in [7, 11) is 4.52. The molecule has 0 radical (unpaired) electrons. The maximum Gasteiger partial charge on any atom is 0.255 e. The van der Waals surface area contributed by atoms with Crippen LogP contribution in [0.5, 0.6) is 17.2 Å². The highest BCUT2D eigenvalue weighted by atomic mass is 16.5. The van der Waals surface area contributed by atoms with E-state index in [0.717, 1.165) is 16.8 Å². The predicted octanol–water partition coefficient (Wildman–Crippen LogP) is 4.13. The third kappa shape index (κ3) is 4.27. The van der Waals surface area contributed by atoms with E-state index in [2.05, 4.69) is 20.5 Å². The van der Waals surface area contributed by atoms with Crippen LogP contribution in [-0.4, -0.2) is 52.0 Å². The van der Waals surface area contributed by atoms with Crippen LogP contribution in [0.2, 0.25) is 0 Å². The van der Waals surface area contributed by atoms with E-state index in [9.17, 15) is 4.79 Å². The molecule has 0 aliphatic carbocycles. The summed E-state index contributed by atoms with van der Waals surface area (Å²) in [6.07, 6.45) is 3.40. The molecule has 1 amide bonds. The van der Waals surface area contributed by atoms with Gasteiger partial charge in [0, 0.05) is 34.8 Å². The first-order chi connectivity index (χ1) is 17.6. The van der Waals surface area contributed by atoms with Crippen LogP contribution < -0.4 is 19.5 Å². The number of pyridine rings is 1. The van der Waals surface area contributed by atoms with E-state index in [1.165, 1.54) is 21.3 Å². The normalized spacial score (nSPS) is 10.8. The van der Waals surface area contributed by atoms with Crippen LogP contribution in [0, 0.1) is 0 Å². The second-order valence-corrected chi connectivity index (χ2v) is 7.69. The standard InChI is InChI=1S/C26H22N6O4/c1-34-21-14-18(15-22(35-2)24(21)36-3)26(33)28-19-6-4-16(5-7-19)20-8-9-23-29-30-25(32(23)31-20)17-10-12-27-13-11-17/h4-15H,1-3H3,(H,28,33). The molecule has 10 nitrogen and oxygen atoms in total. The number of methoxy groups -OCH3 is 3. The number of carbonyl (C=O) groups excluding carboxylic acids is 1. The largest absolute Gasteiger partial charge is 0.493 e. The Hall–Kier alpha value is -4.99. The molecule has 5 aromatic rings. The summed E-state index contributed by atoms with van der Waals surface area (Å²) in [6.45, 7) is 0. The Labute approximate surface area is 206 Å². The van der Waals surface area contributed by atoms with Crippen LogP contribution in [0.1, 0.15) is 10.4 Å². The molecule has 10 heteroatoms. The van der Waals surface area contributed by atoms with Crippen LogP contribution >= 0.6 is 0 Å². The molecular formula is C26H22N6O4. The Bertz CT molecular complexity index is 1510. The molecule has 3 aromatic heterocycles. The van der Waals surface area contributed by atoms with Crippen molar-refractivity contribution in [1.29, 1.82) is 0 Å². The Morgan fingerprint density at radius 1 is 0.806 bits per heavy atom. The predicted molar refractivity (Wildman–Crippen MR) is 134 cm³/mol. The number of hydrogen-bond acceptors (Lipinski definition) is 8. The quantitative estimate of drug-likeness (QED) is 0.368. The fourth-order valence-electron chi connectivity index (χ4n) is 3.76. The lowest BCUT2D eigenvalue weighted by atomic mass is 10.1. The number of amides is 1. The summed E-state index contributed by atoms with van der Waals surface area (Å²) in [5.74, 6) is 1.54. The summed E-state index contributed by atoms with van der Waals surface area (Å²) >= 11 is 0. The number of fused-ring (bicyclic) bond motifs is 1. The van der Waals surface area contributed by atoms with Gasteiger partial charge >= 0.3 is 0 Å². The van der Waals surface area contributed by atoms with E-state index in [4.69, 9.17) is 19.3 Å². The molecule has 0 aliphatic rings. The third-order valence-corrected chi connectivity index (χ3v) is 5.57. The molecule has 0 saturated heterocycles. The highest BCUT2D eigenvalue weighted by molar-refractivity contribution is 6.05. The second-order valence-electron chi connectivity index (χ2n) is 7.69. The van der Waals surface area contributed by atoms with E-state index < -0.39 is 0 Å². The molecule has 1 N–H and O–H groups in total. The molecule has 2 aromatic carbocycles. The summed E-state index contributed by atoms with van der Waals surface area (Å²) in [5.41, 5.74) is 4.11. The van der Waals surface area contributed by atoms with Gasteiger partial charge in [0.05, 0.1) is 27.0 Å². The summed E-state index contributed by atoms with van der Waals surface area (Å²) in [6, 6.07) is 18.1. The van der Waals surface area contributed by atoms with Crippen molar-refractivity contribution in [2.75, 3.05) is 26.6 Å². The minimum Gasteiger partial charge on any atom is -0.493 e. The fraction of sp³-hybridized carbons (Fsp3) is 0.115. The number of nitrogens with zero attached hydrogens (tertiary/aromatic N) is 5. The summed E-state index contributed by atoms with van der Waals surface area (Å²) in [4.78, 5) is 16.9. The lowest BCUT2D eigenvalue weighted by Crippen LogP contribution is -2.12. The van der Waals surface area contributed by atoms with Crippen LogP contribution in [-0.2, 0) is 0 Å². The van der Waals surface area contributed by atoms with Gasteiger partial charge in [-0.1, -0.05) is 12.1 Å². The van der Waals surface area contributed by atoms with Crippen LogP contribution in [0.15, 0.2) is 73.1 Å². The Morgan fingerprint density at radius 3 is 2.14 bits per heavy atom. The molecule has 0 bridgehead atoms. The minimum atomic E-state index is -0.312. The average molecular weight is 483 g/mol. The molecule has 180 valence electrons. The van der Waals surface area contributed by atoms with E-state index in [-0.39, 0.29) is 5.91 Å². The lowest BCUT2D eigenvalue weighted by molar-refractivity contribution is 0.102. The first-order valence-corrected chi connectivity index (χ1v) is 11.0. The van der Waals surface area contributed by atoms with Crippen molar-refractivity contribution in [2.24, 2.45) is 0 Å². The van der Waals surface area contributed by atoms with Crippen molar-refractivity contribution in [3.8, 4) is 39.9 Å². The zero-order valence-electron chi connectivity index (χ0n) is 19.8. The van der Waals surface area contributed by atoms with Crippen molar-refractivity contribution in [2.45, 2.75) is 0 Å². The SMILES string of the molecule is COc1cc(C(=O)Nc2ccc(-c3ccc4nnc(-c5ccncc5)n4n3)cc2)cc(OC)c1OC. The van der Waals surface area contributed by atoms with Crippen molar-refractivity contribution < 1.29 is 19.0 Å². The summed E-state index contributed by atoms with van der Waals surface area (Å²) < 4.78 is 17.7. The molecule has 5 rings (SSSR count). The number of carbonyl (C=O) groups is 1. The van der Waals surface area contributed by atoms with Gasteiger partial charge in [0.1, 0.15) is 0 Å². The molecule has 0 saturated carbocycles. The number of aromatic nitrogens is 5. The van der Waals surface area contributed by atoms with E-state index in [1.807, 2.05) is 48.5 Å². The van der Waals surface area contributed by atoms with Crippen molar-refractivity contribution in [3.05, 3.63) is 78.6 Å². The van der Waals surface area contributed by atoms with Crippen molar-refractivity contribution in [3.63, 3.8) is 0 Å². The zero-order chi connectivity index (χ0) is 25.1. The first-order valence-electron chi connectivity index (χ1n) is 11.0. The van der Waals surface area contributed by atoms with Gasteiger partial charge in [-0.2, -0.15) is 9.61 Å². The number of anilines is 1. The molecular weight excluding hydrogens is 460 g/mol. The highest BCUT2D eigenvalue weighted by Crippen LogP contribution is 2.38. The van der Waals surface area contributed by atoms with Gasteiger partial charge in [0.15, 0.2) is 23.0 Å². The van der Waals surface area contributed by atoms with E-state index >= 15 is 0 Å². The number of rotatable bonds is 7.